The van der Waals surface area contributed by atoms with E-state index < -0.39 is 0 Å². The molecule has 2 N–H and O–H groups in total. The molecule has 2 aromatic rings. The maximum atomic E-state index is 4.06. The Balaban J connectivity index is 1.24. The summed E-state index contributed by atoms with van der Waals surface area (Å²) in [4.78, 5) is 6.64. The largest absolute Gasteiger partial charge is 0.337 e. The fraction of sp³-hybridized carbons (Fsp3) is 0.571. The van der Waals surface area contributed by atoms with Gasteiger partial charge in [0.1, 0.15) is 0 Å². The quantitative estimate of drug-likeness (QED) is 0.608. The molecule has 1 aliphatic heterocycles. The van der Waals surface area contributed by atoms with Crippen LogP contribution in [0.3, 0.4) is 0 Å². The van der Waals surface area contributed by atoms with Gasteiger partial charge in [-0.25, -0.2) is 4.98 Å². The van der Waals surface area contributed by atoms with Gasteiger partial charge in [-0.3, -0.25) is 0 Å². The Bertz CT molecular complexity index is 587. The van der Waals surface area contributed by atoms with Gasteiger partial charge in [-0.2, -0.15) is 0 Å². The Morgan fingerprint density at radius 3 is 2.19 bits per heavy atom. The summed E-state index contributed by atoms with van der Waals surface area (Å²) in [5, 5.41) is 7.09. The van der Waals surface area contributed by atoms with Crippen molar-refractivity contribution >= 4 is 0 Å². The number of imidazole rings is 1. The molecule has 0 spiro atoms. The fourth-order valence-corrected chi connectivity index (χ4v) is 3.47. The van der Waals surface area contributed by atoms with Gasteiger partial charge in [0.2, 0.25) is 0 Å². The topological polar surface area (TPSA) is 45.1 Å². The predicted molar refractivity (Wildman–Crippen MR) is 107 cm³/mol. The number of rotatable bonds is 11. The molecule has 0 saturated carbocycles. The molecule has 2 heterocycles. The van der Waals surface area contributed by atoms with E-state index in [-0.39, 0.29) is 0 Å². The summed E-state index contributed by atoms with van der Waals surface area (Å²) in [6, 6.07) is 8.97. The molecule has 1 saturated heterocycles. The summed E-state index contributed by atoms with van der Waals surface area (Å²) in [5.41, 5.74) is 2.72. The summed E-state index contributed by atoms with van der Waals surface area (Å²) in [7, 11) is 0. The van der Waals surface area contributed by atoms with Crippen LogP contribution in [0.2, 0.25) is 0 Å². The molecular formula is C21H33N5. The van der Waals surface area contributed by atoms with E-state index in [9.17, 15) is 0 Å². The minimum Gasteiger partial charge on any atom is -0.337 e. The van der Waals surface area contributed by atoms with Crippen LogP contribution in [0.4, 0.5) is 0 Å². The zero-order valence-electron chi connectivity index (χ0n) is 15.9. The highest BCUT2D eigenvalue weighted by atomic mass is 15.1. The molecule has 5 nitrogen and oxygen atoms in total. The second-order valence-electron chi connectivity index (χ2n) is 7.23. The number of likely N-dealkylation sites (tertiary alicyclic amines) is 1. The van der Waals surface area contributed by atoms with Gasteiger partial charge in [0.25, 0.3) is 0 Å². The number of nitrogens with zero attached hydrogens (tertiary/aromatic N) is 3. The highest BCUT2D eigenvalue weighted by Gasteiger charge is 2.08. The van der Waals surface area contributed by atoms with E-state index in [1.54, 1.807) is 0 Å². The van der Waals surface area contributed by atoms with Gasteiger partial charge in [-0.1, -0.05) is 30.7 Å². The van der Waals surface area contributed by atoms with Crippen molar-refractivity contribution in [3.63, 3.8) is 0 Å². The Kier molecular flexibility index (Phi) is 8.16. The lowest BCUT2D eigenvalue weighted by atomic mass is 10.1. The van der Waals surface area contributed by atoms with Gasteiger partial charge in [0.05, 0.1) is 6.33 Å². The average Bonchev–Trinajstić information content (AvgIpc) is 3.20. The van der Waals surface area contributed by atoms with Crippen molar-refractivity contribution in [2.45, 2.75) is 45.3 Å². The standard InChI is InChI=1S/C21H33N5/c1-2-12-25(13-3-1)15-10-23-18-21-7-5-20(6-8-21)17-22-9-4-14-26-16-11-24-19-26/h5-8,11,16,19,22-23H,1-4,9-10,12-15,17-18H2. The normalized spacial score (nSPS) is 15.4. The summed E-state index contributed by atoms with van der Waals surface area (Å²) < 4.78 is 2.12. The Labute approximate surface area is 157 Å². The van der Waals surface area contributed by atoms with Crippen LogP contribution in [0, 0.1) is 0 Å². The molecule has 142 valence electrons. The van der Waals surface area contributed by atoms with E-state index in [0.717, 1.165) is 39.1 Å². The van der Waals surface area contributed by atoms with Gasteiger partial charge < -0.3 is 20.1 Å². The molecule has 1 aromatic carbocycles. The Morgan fingerprint density at radius 2 is 1.54 bits per heavy atom. The lowest BCUT2D eigenvalue weighted by molar-refractivity contribution is 0.229. The first-order valence-electron chi connectivity index (χ1n) is 10.1. The summed E-state index contributed by atoms with van der Waals surface area (Å²) in [6.07, 6.45) is 11.0. The zero-order chi connectivity index (χ0) is 17.9. The SMILES string of the molecule is c1cn(CCCNCc2ccc(CNCCN3CCCCC3)cc2)cn1. The van der Waals surface area contributed by atoms with Crippen LogP contribution in [0.15, 0.2) is 43.0 Å². The molecule has 1 aromatic heterocycles. The lowest BCUT2D eigenvalue weighted by Crippen LogP contribution is -2.35. The maximum absolute atomic E-state index is 4.06. The van der Waals surface area contributed by atoms with E-state index in [0.29, 0.717) is 0 Å². The zero-order valence-corrected chi connectivity index (χ0v) is 15.9. The second kappa shape index (κ2) is 11.1. The number of hydrogen-bond acceptors (Lipinski definition) is 4. The molecule has 0 amide bonds. The van der Waals surface area contributed by atoms with Crippen molar-refractivity contribution in [2.24, 2.45) is 0 Å². The van der Waals surface area contributed by atoms with Crippen molar-refractivity contribution in [1.82, 2.24) is 25.1 Å². The third kappa shape index (κ3) is 6.90. The molecular weight excluding hydrogens is 322 g/mol. The van der Waals surface area contributed by atoms with E-state index in [4.69, 9.17) is 0 Å². The van der Waals surface area contributed by atoms with Crippen LogP contribution in [0.1, 0.15) is 36.8 Å². The van der Waals surface area contributed by atoms with Crippen LogP contribution in [-0.2, 0) is 19.6 Å². The van der Waals surface area contributed by atoms with E-state index in [2.05, 4.69) is 49.4 Å². The average molecular weight is 356 g/mol. The molecule has 0 aliphatic carbocycles. The van der Waals surface area contributed by atoms with Crippen LogP contribution < -0.4 is 10.6 Å². The lowest BCUT2D eigenvalue weighted by Gasteiger charge is -2.26. The van der Waals surface area contributed by atoms with Crippen molar-refractivity contribution in [2.75, 3.05) is 32.7 Å². The predicted octanol–water partition coefficient (Wildman–Crippen LogP) is 2.64. The number of benzene rings is 1. The van der Waals surface area contributed by atoms with Gasteiger partial charge in [-0.15, -0.1) is 0 Å². The van der Waals surface area contributed by atoms with Crippen molar-refractivity contribution in [3.8, 4) is 0 Å². The van der Waals surface area contributed by atoms with Gasteiger partial charge in [0.15, 0.2) is 0 Å². The van der Waals surface area contributed by atoms with Crippen LogP contribution in [0.5, 0.6) is 0 Å². The summed E-state index contributed by atoms with van der Waals surface area (Å²) in [6.45, 7) is 8.78. The monoisotopic (exact) mass is 355 g/mol. The first-order valence-corrected chi connectivity index (χ1v) is 10.1. The molecule has 0 unspecified atom stereocenters. The number of piperidine rings is 1. The Morgan fingerprint density at radius 1 is 0.846 bits per heavy atom. The van der Waals surface area contributed by atoms with Crippen molar-refractivity contribution < 1.29 is 0 Å². The highest BCUT2D eigenvalue weighted by molar-refractivity contribution is 5.22. The molecule has 1 aliphatic rings. The van der Waals surface area contributed by atoms with Gasteiger partial charge >= 0.3 is 0 Å². The number of nitrogens with one attached hydrogen (secondary N) is 2. The smallest absolute Gasteiger partial charge is 0.0945 e. The fourth-order valence-electron chi connectivity index (χ4n) is 3.47. The Hall–Kier alpha value is -1.69. The third-order valence-electron chi connectivity index (χ3n) is 5.06. The molecule has 0 atom stereocenters. The van der Waals surface area contributed by atoms with Crippen molar-refractivity contribution in [1.29, 1.82) is 0 Å². The first-order chi connectivity index (χ1) is 12.9. The number of aromatic nitrogens is 2. The minimum absolute atomic E-state index is 0.937. The molecule has 0 bridgehead atoms. The van der Waals surface area contributed by atoms with Crippen LogP contribution in [0.25, 0.3) is 0 Å². The summed E-state index contributed by atoms with van der Waals surface area (Å²) in [5.74, 6) is 0. The summed E-state index contributed by atoms with van der Waals surface area (Å²) >= 11 is 0. The van der Waals surface area contributed by atoms with Crippen LogP contribution >= 0.6 is 0 Å². The molecule has 3 rings (SSSR count). The number of aryl methyl sites for hydroxylation is 1. The third-order valence-corrected chi connectivity index (χ3v) is 5.06. The molecule has 26 heavy (non-hydrogen) atoms. The molecule has 1 fully saturated rings. The van der Waals surface area contributed by atoms with Gasteiger partial charge in [0, 0.05) is 45.1 Å². The number of hydrogen-bond donors (Lipinski definition) is 2. The maximum Gasteiger partial charge on any atom is 0.0945 e. The van der Waals surface area contributed by atoms with E-state index in [1.807, 2.05) is 18.7 Å². The second-order valence-corrected chi connectivity index (χ2v) is 7.23. The molecule has 5 heteroatoms. The first kappa shape index (κ1) is 19.1. The minimum atomic E-state index is 0.937. The van der Waals surface area contributed by atoms with E-state index >= 15 is 0 Å². The van der Waals surface area contributed by atoms with E-state index in [1.165, 1.54) is 50.0 Å². The highest BCUT2D eigenvalue weighted by Crippen LogP contribution is 2.08. The van der Waals surface area contributed by atoms with Crippen molar-refractivity contribution in [3.05, 3.63) is 54.1 Å². The molecule has 0 radical (unpaired) electrons. The van der Waals surface area contributed by atoms with Crippen LogP contribution in [-0.4, -0.2) is 47.2 Å². The van der Waals surface area contributed by atoms with Gasteiger partial charge in [-0.05, 0) is 50.0 Å².